The summed E-state index contributed by atoms with van der Waals surface area (Å²) < 4.78 is 6.92. The van der Waals surface area contributed by atoms with E-state index < -0.39 is 4.93 Å². The van der Waals surface area contributed by atoms with Gasteiger partial charge in [-0.3, -0.25) is 0 Å². The molecule has 0 spiro atoms. The zero-order valence-corrected chi connectivity index (χ0v) is 25.0. The Morgan fingerprint density at radius 3 is 1.90 bits per heavy atom. The van der Waals surface area contributed by atoms with E-state index in [4.69, 9.17) is 4.74 Å². The Morgan fingerprint density at radius 2 is 1.24 bits per heavy atom. The number of phenolic OH excluding ortho intramolecular Hbond substituents is 1. The van der Waals surface area contributed by atoms with Crippen LogP contribution in [0.4, 0.5) is 0 Å². The summed E-state index contributed by atoms with van der Waals surface area (Å²) in [7, 11) is 0. The van der Waals surface area contributed by atoms with E-state index in [0.29, 0.717) is 5.75 Å². The molecule has 2 nitrogen and oxygen atoms in total. The fourth-order valence-corrected chi connectivity index (χ4v) is 8.83. The van der Waals surface area contributed by atoms with Crippen molar-refractivity contribution in [1.82, 2.24) is 0 Å². The van der Waals surface area contributed by atoms with E-state index in [9.17, 15) is 5.11 Å². The summed E-state index contributed by atoms with van der Waals surface area (Å²) in [5.74, 6) is 1.13. The summed E-state index contributed by atoms with van der Waals surface area (Å²) in [4.78, 5) is 0.392. The lowest BCUT2D eigenvalue weighted by Crippen LogP contribution is -2.27. The average molecular weight is 557 g/mol. The Bertz CT molecular complexity index is 1730. The summed E-state index contributed by atoms with van der Waals surface area (Å²) in [5.41, 5.74) is 7.56. The molecule has 7 rings (SSSR count). The predicted molar refractivity (Wildman–Crippen MR) is 171 cm³/mol. The van der Waals surface area contributed by atoms with Gasteiger partial charge in [0.2, 0.25) is 4.93 Å². The van der Waals surface area contributed by atoms with Crippen molar-refractivity contribution in [3.8, 4) is 22.6 Å². The number of aromatic hydroxyl groups is 1. The van der Waals surface area contributed by atoms with E-state index >= 15 is 0 Å². The third kappa shape index (κ3) is 4.51. The van der Waals surface area contributed by atoms with Crippen molar-refractivity contribution in [1.29, 1.82) is 0 Å². The second-order valence-corrected chi connectivity index (χ2v) is 14.6. The second-order valence-electron chi connectivity index (χ2n) is 13.3. The molecule has 0 aromatic heterocycles. The largest absolute Gasteiger partial charge is 0.507 e. The molecule has 1 aliphatic carbocycles. The number of thioether (sulfide) groups is 1. The standard InChI is InChI=1S/C38H36O2S/c1-36(2)22-25-13-11-12-18-29(25)35-26(23-37(3,4)24-36)19-32(39)30-20-33-34(21-31(30)35)41-38(40-33,27-14-7-5-8-15-27)28-16-9-6-10-17-28/h5-21,39H,22-24H2,1-4H3. The van der Waals surface area contributed by atoms with Crippen LogP contribution in [-0.4, -0.2) is 5.11 Å². The number of rotatable bonds is 2. The van der Waals surface area contributed by atoms with E-state index in [1.54, 1.807) is 11.8 Å². The van der Waals surface area contributed by atoms with Crippen LogP contribution < -0.4 is 4.74 Å². The summed E-state index contributed by atoms with van der Waals surface area (Å²) in [6.45, 7) is 9.53. The normalized spacial score (nSPS) is 18.2. The van der Waals surface area contributed by atoms with Gasteiger partial charge < -0.3 is 9.84 Å². The molecular weight excluding hydrogens is 520 g/mol. The zero-order chi connectivity index (χ0) is 28.4. The molecule has 1 aliphatic heterocycles. The molecular formula is C38H36O2S. The van der Waals surface area contributed by atoms with Crippen LogP contribution >= 0.6 is 11.8 Å². The molecule has 0 saturated carbocycles. The van der Waals surface area contributed by atoms with Crippen LogP contribution in [0.15, 0.2) is 108 Å². The van der Waals surface area contributed by atoms with Gasteiger partial charge in [0.1, 0.15) is 11.5 Å². The van der Waals surface area contributed by atoms with Crippen LogP contribution in [0.2, 0.25) is 0 Å². The van der Waals surface area contributed by atoms with Crippen LogP contribution in [-0.2, 0) is 17.8 Å². The SMILES string of the molecule is CC1(C)Cc2ccccc2-c2c(cc(O)c3cc4c(cc23)SC(c2ccccc2)(c2ccccc2)O4)CC(C)(C)C1. The predicted octanol–water partition coefficient (Wildman–Crippen LogP) is 10.1. The van der Waals surface area contributed by atoms with E-state index in [-0.39, 0.29) is 10.8 Å². The molecule has 0 saturated heterocycles. The van der Waals surface area contributed by atoms with Crippen molar-refractivity contribution >= 4 is 22.5 Å². The highest BCUT2D eigenvalue weighted by Gasteiger charge is 2.44. The third-order valence-corrected chi connectivity index (χ3v) is 10.0. The molecule has 5 aromatic rings. The summed E-state index contributed by atoms with van der Waals surface area (Å²) in [5, 5.41) is 13.4. The Labute approximate surface area is 247 Å². The van der Waals surface area contributed by atoms with Crippen LogP contribution in [0.3, 0.4) is 0 Å². The van der Waals surface area contributed by atoms with Gasteiger partial charge in [-0.05, 0) is 75.9 Å². The first-order valence-electron chi connectivity index (χ1n) is 14.5. The maximum absolute atomic E-state index is 11.5. The third-order valence-electron chi connectivity index (χ3n) is 8.66. The van der Waals surface area contributed by atoms with Crippen molar-refractivity contribution in [2.75, 3.05) is 0 Å². The molecule has 1 heterocycles. The molecule has 5 aromatic carbocycles. The number of hydrogen-bond donors (Lipinski definition) is 1. The monoisotopic (exact) mass is 556 g/mol. The number of benzene rings is 5. The minimum absolute atomic E-state index is 0.0881. The fraction of sp³-hybridized carbons (Fsp3) is 0.263. The summed E-state index contributed by atoms with van der Waals surface area (Å²) >= 11 is 1.75. The molecule has 0 fully saturated rings. The first-order valence-corrected chi connectivity index (χ1v) is 15.4. The van der Waals surface area contributed by atoms with Crippen LogP contribution in [0, 0.1) is 10.8 Å². The van der Waals surface area contributed by atoms with Gasteiger partial charge in [-0.15, -0.1) is 0 Å². The quantitative estimate of drug-likeness (QED) is 0.235. The topological polar surface area (TPSA) is 29.5 Å². The number of phenols is 1. The van der Waals surface area contributed by atoms with Gasteiger partial charge in [0.15, 0.2) is 0 Å². The van der Waals surface area contributed by atoms with E-state index in [1.165, 1.54) is 22.3 Å². The number of hydrogen-bond acceptors (Lipinski definition) is 3. The lowest BCUT2D eigenvalue weighted by molar-refractivity contribution is 0.193. The highest BCUT2D eigenvalue weighted by Crippen LogP contribution is 2.58. The molecule has 0 unspecified atom stereocenters. The van der Waals surface area contributed by atoms with E-state index in [2.05, 4.69) is 113 Å². The average Bonchev–Trinajstić information content (AvgIpc) is 3.33. The smallest absolute Gasteiger partial charge is 0.210 e. The Morgan fingerprint density at radius 1 is 0.659 bits per heavy atom. The molecule has 41 heavy (non-hydrogen) atoms. The molecule has 206 valence electrons. The van der Waals surface area contributed by atoms with Gasteiger partial charge in [0.25, 0.3) is 0 Å². The molecule has 1 N–H and O–H groups in total. The van der Waals surface area contributed by atoms with Crippen LogP contribution in [0.5, 0.6) is 11.5 Å². The Kier molecular flexibility index (Phi) is 6.03. The number of fused-ring (bicyclic) bond motifs is 6. The second kappa shape index (κ2) is 9.42. The first-order chi connectivity index (χ1) is 19.6. The van der Waals surface area contributed by atoms with Gasteiger partial charge in [-0.25, -0.2) is 0 Å². The van der Waals surface area contributed by atoms with Crippen LogP contribution in [0.1, 0.15) is 56.4 Å². The maximum atomic E-state index is 11.5. The molecule has 0 amide bonds. The maximum Gasteiger partial charge on any atom is 0.210 e. The van der Waals surface area contributed by atoms with Crippen molar-refractivity contribution in [2.24, 2.45) is 10.8 Å². The van der Waals surface area contributed by atoms with Gasteiger partial charge >= 0.3 is 0 Å². The van der Waals surface area contributed by atoms with Crippen LogP contribution in [0.25, 0.3) is 21.9 Å². The van der Waals surface area contributed by atoms with Crippen molar-refractivity contribution in [3.63, 3.8) is 0 Å². The molecule has 0 bridgehead atoms. The van der Waals surface area contributed by atoms with Crippen molar-refractivity contribution in [2.45, 2.75) is 56.8 Å². The first kappa shape index (κ1) is 26.2. The highest BCUT2D eigenvalue weighted by molar-refractivity contribution is 8.00. The highest BCUT2D eigenvalue weighted by atomic mass is 32.2. The molecule has 3 heteroatoms. The summed E-state index contributed by atoms with van der Waals surface area (Å²) in [6, 6.07) is 36.2. The lowest BCUT2D eigenvalue weighted by atomic mass is 9.70. The molecule has 0 radical (unpaired) electrons. The van der Waals surface area contributed by atoms with E-state index in [1.807, 2.05) is 18.2 Å². The zero-order valence-electron chi connectivity index (χ0n) is 24.2. The van der Waals surface area contributed by atoms with Gasteiger partial charge in [-0.2, -0.15) is 0 Å². The Balaban J connectivity index is 1.48. The minimum Gasteiger partial charge on any atom is -0.507 e. The summed E-state index contributed by atoms with van der Waals surface area (Å²) in [6.07, 6.45) is 3.03. The van der Waals surface area contributed by atoms with E-state index in [0.717, 1.165) is 51.8 Å². The fourth-order valence-electron chi connectivity index (χ4n) is 7.50. The molecule has 2 aliphatic rings. The van der Waals surface area contributed by atoms with Gasteiger partial charge in [-0.1, -0.05) is 124 Å². The van der Waals surface area contributed by atoms with Crippen molar-refractivity contribution in [3.05, 3.63) is 125 Å². The minimum atomic E-state index is -0.701. The lowest BCUT2D eigenvalue weighted by Gasteiger charge is -2.35. The molecule has 0 atom stereocenters. The Hall–Kier alpha value is -3.69. The van der Waals surface area contributed by atoms with Gasteiger partial charge in [0.05, 0.1) is 4.90 Å². The number of ether oxygens (including phenoxy) is 1. The van der Waals surface area contributed by atoms with Gasteiger partial charge in [0, 0.05) is 16.5 Å². The van der Waals surface area contributed by atoms with Crippen molar-refractivity contribution < 1.29 is 9.84 Å².